The molecule has 4 nitrogen and oxygen atoms in total. The van der Waals surface area contributed by atoms with Crippen molar-refractivity contribution in [1.29, 1.82) is 0 Å². The van der Waals surface area contributed by atoms with Crippen LogP contribution < -0.4 is 10.1 Å². The average Bonchev–Trinajstić information content (AvgIpc) is 2.80. The summed E-state index contributed by atoms with van der Waals surface area (Å²) in [5.41, 5.74) is 2.27. The third-order valence-electron chi connectivity index (χ3n) is 2.57. The van der Waals surface area contributed by atoms with Crippen LogP contribution in [0.2, 0.25) is 0 Å². The quantitative estimate of drug-likeness (QED) is 0.851. The molecular formula is C14H19N3O. The molecule has 0 unspecified atom stereocenters. The summed E-state index contributed by atoms with van der Waals surface area (Å²) in [4.78, 5) is 7.24. The third-order valence-corrected chi connectivity index (χ3v) is 2.57. The minimum absolute atomic E-state index is 0.200. The number of aromatic amines is 1. The summed E-state index contributed by atoms with van der Waals surface area (Å²) in [5, 5.41) is 3.35. The first kappa shape index (κ1) is 12.5. The Morgan fingerprint density at radius 3 is 2.83 bits per heavy atom. The van der Waals surface area contributed by atoms with Crippen molar-refractivity contribution in [1.82, 2.24) is 9.97 Å². The predicted octanol–water partition coefficient (Wildman–Crippen LogP) is 3.12. The Balaban J connectivity index is 2.01. The van der Waals surface area contributed by atoms with E-state index in [9.17, 15) is 0 Å². The number of hydrogen-bond acceptors (Lipinski definition) is 3. The summed E-state index contributed by atoms with van der Waals surface area (Å²) in [6.45, 7) is 6.81. The van der Waals surface area contributed by atoms with Gasteiger partial charge in [-0.15, -0.1) is 0 Å². The number of nitrogens with one attached hydrogen (secondary N) is 2. The molecule has 0 radical (unpaired) electrons. The van der Waals surface area contributed by atoms with Crippen LogP contribution in [0.3, 0.4) is 0 Å². The Bertz CT molecular complexity index is 492. The molecule has 4 heteroatoms. The maximum absolute atomic E-state index is 5.65. The van der Waals surface area contributed by atoms with Gasteiger partial charge in [0.2, 0.25) is 0 Å². The smallest absolute Gasteiger partial charge is 0.125 e. The van der Waals surface area contributed by atoms with E-state index in [1.165, 1.54) is 5.56 Å². The van der Waals surface area contributed by atoms with Crippen LogP contribution in [0.25, 0.3) is 0 Å². The molecule has 18 heavy (non-hydrogen) atoms. The lowest BCUT2D eigenvalue weighted by molar-refractivity contribution is 0.242. The van der Waals surface area contributed by atoms with Crippen molar-refractivity contribution in [2.45, 2.75) is 33.4 Å². The number of rotatable bonds is 5. The van der Waals surface area contributed by atoms with Gasteiger partial charge in [-0.3, -0.25) is 0 Å². The number of aryl methyl sites for hydroxylation is 1. The van der Waals surface area contributed by atoms with E-state index in [1.807, 2.05) is 38.2 Å². The van der Waals surface area contributed by atoms with Gasteiger partial charge < -0.3 is 15.0 Å². The highest BCUT2D eigenvalue weighted by Gasteiger charge is 2.03. The van der Waals surface area contributed by atoms with E-state index in [4.69, 9.17) is 4.74 Å². The summed E-state index contributed by atoms with van der Waals surface area (Å²) in [7, 11) is 0. The highest BCUT2D eigenvalue weighted by Crippen LogP contribution is 2.22. The van der Waals surface area contributed by atoms with Crippen LogP contribution >= 0.6 is 0 Å². The Morgan fingerprint density at radius 1 is 1.39 bits per heavy atom. The molecule has 0 bridgehead atoms. The fourth-order valence-corrected chi connectivity index (χ4v) is 1.75. The minimum atomic E-state index is 0.200. The Kier molecular flexibility index (Phi) is 3.87. The number of imidazole rings is 1. The van der Waals surface area contributed by atoms with Gasteiger partial charge in [0.25, 0.3) is 0 Å². The molecule has 2 aromatic rings. The topological polar surface area (TPSA) is 49.9 Å². The first-order valence-corrected chi connectivity index (χ1v) is 6.14. The van der Waals surface area contributed by atoms with Gasteiger partial charge in [0.05, 0.1) is 12.6 Å². The van der Waals surface area contributed by atoms with Crippen LogP contribution in [-0.2, 0) is 6.54 Å². The minimum Gasteiger partial charge on any atom is -0.491 e. The SMILES string of the molecule is Cc1cc(OC(C)C)ccc1NCc1ncc[nH]1. The molecule has 0 spiro atoms. The van der Waals surface area contributed by atoms with Crippen LogP contribution in [0.5, 0.6) is 5.75 Å². The number of aromatic nitrogens is 2. The molecule has 1 aromatic heterocycles. The van der Waals surface area contributed by atoms with E-state index < -0.39 is 0 Å². The molecule has 0 saturated carbocycles. The van der Waals surface area contributed by atoms with Crippen LogP contribution in [0, 0.1) is 6.92 Å². The molecule has 2 N–H and O–H groups in total. The van der Waals surface area contributed by atoms with E-state index in [2.05, 4.69) is 22.2 Å². The number of benzene rings is 1. The fourth-order valence-electron chi connectivity index (χ4n) is 1.75. The number of hydrogen-bond donors (Lipinski definition) is 2. The van der Waals surface area contributed by atoms with Gasteiger partial charge in [-0.25, -0.2) is 4.98 Å². The lowest BCUT2D eigenvalue weighted by Gasteiger charge is -2.13. The zero-order chi connectivity index (χ0) is 13.0. The van der Waals surface area contributed by atoms with Crippen molar-refractivity contribution >= 4 is 5.69 Å². The Labute approximate surface area is 107 Å². The van der Waals surface area contributed by atoms with Crippen molar-refractivity contribution in [2.75, 3.05) is 5.32 Å². The van der Waals surface area contributed by atoms with E-state index in [-0.39, 0.29) is 6.10 Å². The molecule has 96 valence electrons. The first-order valence-electron chi connectivity index (χ1n) is 6.14. The van der Waals surface area contributed by atoms with E-state index in [0.29, 0.717) is 6.54 Å². The summed E-state index contributed by atoms with van der Waals surface area (Å²) in [6, 6.07) is 6.07. The zero-order valence-corrected chi connectivity index (χ0v) is 11.0. The monoisotopic (exact) mass is 245 g/mol. The second kappa shape index (κ2) is 5.58. The molecular weight excluding hydrogens is 226 g/mol. The molecule has 1 heterocycles. The average molecular weight is 245 g/mol. The normalized spacial score (nSPS) is 10.7. The Hall–Kier alpha value is -1.97. The maximum atomic E-state index is 5.65. The van der Waals surface area contributed by atoms with E-state index >= 15 is 0 Å². The summed E-state index contributed by atoms with van der Waals surface area (Å²) in [6.07, 6.45) is 3.78. The van der Waals surface area contributed by atoms with E-state index in [0.717, 1.165) is 17.3 Å². The molecule has 0 amide bonds. The number of anilines is 1. The largest absolute Gasteiger partial charge is 0.491 e. The first-order chi connectivity index (χ1) is 8.65. The Morgan fingerprint density at radius 2 is 2.22 bits per heavy atom. The standard InChI is InChI=1S/C14H19N3O/c1-10(2)18-12-4-5-13(11(3)8-12)17-9-14-15-6-7-16-14/h4-8,10,17H,9H2,1-3H3,(H,15,16). The molecule has 0 fully saturated rings. The van der Waals surface area contributed by atoms with Crippen LogP contribution in [0.15, 0.2) is 30.6 Å². The highest BCUT2D eigenvalue weighted by molar-refractivity contribution is 5.53. The number of nitrogens with zero attached hydrogens (tertiary/aromatic N) is 1. The highest BCUT2D eigenvalue weighted by atomic mass is 16.5. The van der Waals surface area contributed by atoms with Gasteiger partial charge in [0, 0.05) is 18.1 Å². The number of ether oxygens (including phenoxy) is 1. The second-order valence-corrected chi connectivity index (χ2v) is 4.53. The second-order valence-electron chi connectivity index (χ2n) is 4.53. The lowest BCUT2D eigenvalue weighted by atomic mass is 10.2. The van der Waals surface area contributed by atoms with Gasteiger partial charge in [0.1, 0.15) is 11.6 Å². The van der Waals surface area contributed by atoms with Gasteiger partial charge in [-0.1, -0.05) is 0 Å². The van der Waals surface area contributed by atoms with E-state index in [1.54, 1.807) is 6.20 Å². The molecule has 0 aliphatic rings. The van der Waals surface area contributed by atoms with Crippen molar-refractivity contribution in [3.8, 4) is 5.75 Å². The van der Waals surface area contributed by atoms with Gasteiger partial charge >= 0.3 is 0 Å². The summed E-state index contributed by atoms with van der Waals surface area (Å²) >= 11 is 0. The molecule has 0 aliphatic heterocycles. The predicted molar refractivity (Wildman–Crippen MR) is 72.9 cm³/mol. The van der Waals surface area contributed by atoms with Gasteiger partial charge in [-0.05, 0) is 44.5 Å². The third kappa shape index (κ3) is 3.26. The molecule has 0 atom stereocenters. The molecule has 2 rings (SSSR count). The summed E-state index contributed by atoms with van der Waals surface area (Å²) in [5.74, 6) is 1.84. The van der Waals surface area contributed by atoms with Crippen molar-refractivity contribution in [3.05, 3.63) is 42.0 Å². The lowest BCUT2D eigenvalue weighted by Crippen LogP contribution is -2.06. The van der Waals surface area contributed by atoms with Gasteiger partial charge in [-0.2, -0.15) is 0 Å². The molecule has 0 saturated heterocycles. The van der Waals surface area contributed by atoms with Crippen LogP contribution in [0.1, 0.15) is 25.2 Å². The summed E-state index contributed by atoms with van der Waals surface area (Å²) < 4.78 is 5.65. The van der Waals surface area contributed by atoms with Crippen molar-refractivity contribution in [2.24, 2.45) is 0 Å². The van der Waals surface area contributed by atoms with Crippen molar-refractivity contribution in [3.63, 3.8) is 0 Å². The molecule has 0 aliphatic carbocycles. The fraction of sp³-hybridized carbons (Fsp3) is 0.357. The zero-order valence-electron chi connectivity index (χ0n) is 11.0. The van der Waals surface area contributed by atoms with Crippen LogP contribution in [0.4, 0.5) is 5.69 Å². The number of H-pyrrole nitrogens is 1. The van der Waals surface area contributed by atoms with Gasteiger partial charge in [0.15, 0.2) is 0 Å². The van der Waals surface area contributed by atoms with Crippen molar-refractivity contribution < 1.29 is 4.74 Å². The van der Waals surface area contributed by atoms with Crippen LogP contribution in [-0.4, -0.2) is 16.1 Å². The molecule has 1 aromatic carbocycles. The maximum Gasteiger partial charge on any atom is 0.125 e.